The van der Waals surface area contributed by atoms with E-state index in [1.165, 1.54) is 0 Å². The molecule has 3 aromatic rings. The van der Waals surface area contributed by atoms with Crippen LogP contribution in [0.3, 0.4) is 0 Å². The Morgan fingerprint density at radius 1 is 1.16 bits per heavy atom. The molecule has 0 aliphatic carbocycles. The normalized spacial score (nSPS) is 10.5. The Hall–Kier alpha value is -2.80. The standard InChI is InChI=1S/C18H18N4O2S/c1-11-17(25-12(2)20-11)15-8-9-19-18(21-15)22-16(23)10-13-4-6-14(24-3)7-5-13/h4-9H,10H2,1-3H3,(H,19,21,22,23). The van der Waals surface area contributed by atoms with Crippen molar-refractivity contribution in [3.8, 4) is 16.3 Å². The molecule has 25 heavy (non-hydrogen) atoms. The van der Waals surface area contributed by atoms with Crippen molar-refractivity contribution in [1.82, 2.24) is 15.0 Å². The van der Waals surface area contributed by atoms with Crippen LogP contribution >= 0.6 is 11.3 Å². The number of aromatic nitrogens is 3. The van der Waals surface area contributed by atoms with Gasteiger partial charge < -0.3 is 4.74 Å². The lowest BCUT2D eigenvalue weighted by atomic mass is 10.1. The summed E-state index contributed by atoms with van der Waals surface area (Å²) in [4.78, 5) is 26.2. The molecule has 2 heterocycles. The number of thiazole rings is 1. The molecule has 0 fully saturated rings. The quantitative estimate of drug-likeness (QED) is 0.760. The van der Waals surface area contributed by atoms with E-state index in [9.17, 15) is 4.79 Å². The molecule has 128 valence electrons. The van der Waals surface area contributed by atoms with Gasteiger partial charge in [0.1, 0.15) is 5.75 Å². The Morgan fingerprint density at radius 3 is 2.56 bits per heavy atom. The van der Waals surface area contributed by atoms with Gasteiger partial charge in [0, 0.05) is 6.20 Å². The van der Waals surface area contributed by atoms with Crippen molar-refractivity contribution in [3.05, 3.63) is 52.8 Å². The second-order valence-corrected chi connectivity index (χ2v) is 6.69. The molecule has 3 rings (SSSR count). The van der Waals surface area contributed by atoms with Crippen molar-refractivity contribution in [2.24, 2.45) is 0 Å². The number of hydrogen-bond donors (Lipinski definition) is 1. The van der Waals surface area contributed by atoms with Crippen LogP contribution < -0.4 is 10.1 Å². The number of benzene rings is 1. The smallest absolute Gasteiger partial charge is 0.231 e. The zero-order valence-electron chi connectivity index (χ0n) is 14.2. The summed E-state index contributed by atoms with van der Waals surface area (Å²) in [6.45, 7) is 3.91. The van der Waals surface area contributed by atoms with Crippen LogP contribution in [0.2, 0.25) is 0 Å². The van der Waals surface area contributed by atoms with Crippen molar-refractivity contribution in [2.45, 2.75) is 20.3 Å². The molecule has 0 saturated heterocycles. The molecular weight excluding hydrogens is 336 g/mol. The molecule has 6 nitrogen and oxygen atoms in total. The van der Waals surface area contributed by atoms with Crippen LogP contribution in [0.4, 0.5) is 5.95 Å². The van der Waals surface area contributed by atoms with Crippen molar-refractivity contribution < 1.29 is 9.53 Å². The SMILES string of the molecule is COc1ccc(CC(=O)Nc2nccc(-c3sc(C)nc3C)n2)cc1. The first-order valence-electron chi connectivity index (χ1n) is 7.75. The van der Waals surface area contributed by atoms with Gasteiger partial charge in [-0.1, -0.05) is 12.1 Å². The highest BCUT2D eigenvalue weighted by atomic mass is 32.1. The van der Waals surface area contributed by atoms with Crippen LogP contribution in [0.1, 0.15) is 16.3 Å². The number of methoxy groups -OCH3 is 1. The Balaban J connectivity index is 1.71. The maximum atomic E-state index is 12.2. The van der Waals surface area contributed by atoms with Gasteiger partial charge in [-0.25, -0.2) is 15.0 Å². The molecule has 0 spiro atoms. The molecule has 0 unspecified atom stereocenters. The summed E-state index contributed by atoms with van der Waals surface area (Å²) >= 11 is 1.58. The molecule has 0 saturated carbocycles. The number of amides is 1. The summed E-state index contributed by atoms with van der Waals surface area (Å²) in [5, 5.41) is 3.73. The van der Waals surface area contributed by atoms with Gasteiger partial charge >= 0.3 is 0 Å². The van der Waals surface area contributed by atoms with Gasteiger partial charge in [0.2, 0.25) is 11.9 Å². The number of anilines is 1. The fourth-order valence-electron chi connectivity index (χ4n) is 2.41. The van der Waals surface area contributed by atoms with Gasteiger partial charge in [0.05, 0.1) is 34.8 Å². The topological polar surface area (TPSA) is 77.0 Å². The summed E-state index contributed by atoms with van der Waals surface area (Å²) in [7, 11) is 1.61. The lowest BCUT2D eigenvalue weighted by Gasteiger charge is -2.06. The highest BCUT2D eigenvalue weighted by Gasteiger charge is 2.11. The van der Waals surface area contributed by atoms with Gasteiger partial charge in [-0.15, -0.1) is 11.3 Å². The Kier molecular flexibility index (Phi) is 5.04. The number of nitrogens with one attached hydrogen (secondary N) is 1. The number of aryl methyl sites for hydroxylation is 2. The number of rotatable bonds is 5. The fraction of sp³-hybridized carbons (Fsp3) is 0.222. The minimum absolute atomic E-state index is 0.167. The Morgan fingerprint density at radius 2 is 1.92 bits per heavy atom. The van der Waals surface area contributed by atoms with Gasteiger partial charge in [-0.2, -0.15) is 0 Å². The summed E-state index contributed by atoms with van der Waals surface area (Å²) in [6.07, 6.45) is 1.89. The zero-order valence-corrected chi connectivity index (χ0v) is 15.1. The minimum Gasteiger partial charge on any atom is -0.497 e. The predicted octanol–water partition coefficient (Wildman–Crippen LogP) is 3.41. The molecule has 2 aromatic heterocycles. The third-order valence-electron chi connectivity index (χ3n) is 3.57. The average Bonchev–Trinajstić information content (AvgIpc) is 2.94. The van der Waals surface area contributed by atoms with E-state index < -0.39 is 0 Å². The number of carbonyl (C=O) groups excluding carboxylic acids is 1. The Bertz CT molecular complexity index is 890. The number of carbonyl (C=O) groups is 1. The van der Waals surface area contributed by atoms with Gasteiger partial charge in [-0.3, -0.25) is 10.1 Å². The maximum Gasteiger partial charge on any atom is 0.231 e. The molecule has 0 radical (unpaired) electrons. The summed E-state index contributed by atoms with van der Waals surface area (Å²) in [6, 6.07) is 9.20. The molecule has 7 heteroatoms. The lowest BCUT2D eigenvalue weighted by molar-refractivity contribution is -0.115. The number of hydrogen-bond acceptors (Lipinski definition) is 6. The van der Waals surface area contributed by atoms with E-state index in [0.717, 1.165) is 32.6 Å². The molecular formula is C18H18N4O2S. The fourth-order valence-corrected chi connectivity index (χ4v) is 3.30. The monoisotopic (exact) mass is 354 g/mol. The van der Waals surface area contributed by atoms with E-state index in [2.05, 4.69) is 20.3 Å². The van der Waals surface area contributed by atoms with Crippen molar-refractivity contribution in [3.63, 3.8) is 0 Å². The molecule has 0 aliphatic heterocycles. The highest BCUT2D eigenvalue weighted by Crippen LogP contribution is 2.28. The largest absolute Gasteiger partial charge is 0.497 e. The molecule has 0 aliphatic rings. The first kappa shape index (κ1) is 17.0. The van der Waals surface area contributed by atoms with E-state index in [0.29, 0.717) is 5.95 Å². The van der Waals surface area contributed by atoms with Gasteiger partial charge in [-0.05, 0) is 37.6 Å². The first-order valence-corrected chi connectivity index (χ1v) is 8.57. The molecule has 0 atom stereocenters. The van der Waals surface area contributed by atoms with Crippen LogP contribution in [0, 0.1) is 13.8 Å². The van der Waals surface area contributed by atoms with E-state index in [1.807, 2.05) is 44.2 Å². The number of ether oxygens (including phenoxy) is 1. The van der Waals surface area contributed by atoms with E-state index in [1.54, 1.807) is 24.6 Å². The molecule has 1 aromatic carbocycles. The summed E-state index contributed by atoms with van der Waals surface area (Å²) in [5.74, 6) is 0.886. The Labute approximate surface area is 149 Å². The van der Waals surface area contributed by atoms with Crippen LogP contribution in [0.15, 0.2) is 36.5 Å². The third kappa shape index (κ3) is 4.19. The summed E-state index contributed by atoms with van der Waals surface area (Å²) in [5.41, 5.74) is 2.58. The van der Waals surface area contributed by atoms with Crippen LogP contribution in [0.5, 0.6) is 5.75 Å². The zero-order chi connectivity index (χ0) is 17.8. The highest BCUT2D eigenvalue weighted by molar-refractivity contribution is 7.15. The lowest BCUT2D eigenvalue weighted by Crippen LogP contribution is -2.16. The first-order chi connectivity index (χ1) is 12.0. The van der Waals surface area contributed by atoms with Gasteiger partial charge in [0.25, 0.3) is 0 Å². The van der Waals surface area contributed by atoms with E-state index in [4.69, 9.17) is 4.74 Å². The van der Waals surface area contributed by atoms with Crippen LogP contribution in [-0.2, 0) is 11.2 Å². The van der Waals surface area contributed by atoms with Gasteiger partial charge in [0.15, 0.2) is 0 Å². The maximum absolute atomic E-state index is 12.2. The van der Waals surface area contributed by atoms with Crippen molar-refractivity contribution in [2.75, 3.05) is 12.4 Å². The average molecular weight is 354 g/mol. The predicted molar refractivity (Wildman–Crippen MR) is 97.9 cm³/mol. The molecule has 1 amide bonds. The second-order valence-electron chi connectivity index (χ2n) is 5.49. The van der Waals surface area contributed by atoms with E-state index in [-0.39, 0.29) is 12.3 Å². The summed E-state index contributed by atoms with van der Waals surface area (Å²) < 4.78 is 5.11. The third-order valence-corrected chi connectivity index (χ3v) is 4.66. The minimum atomic E-state index is -0.167. The van der Waals surface area contributed by atoms with Crippen molar-refractivity contribution in [1.29, 1.82) is 0 Å². The second kappa shape index (κ2) is 7.40. The molecule has 1 N–H and O–H groups in total. The molecule has 0 bridgehead atoms. The number of nitrogens with zero attached hydrogens (tertiary/aromatic N) is 3. The van der Waals surface area contributed by atoms with Crippen LogP contribution in [-0.4, -0.2) is 28.0 Å². The van der Waals surface area contributed by atoms with Crippen LogP contribution in [0.25, 0.3) is 10.6 Å². The van der Waals surface area contributed by atoms with Crippen molar-refractivity contribution >= 4 is 23.2 Å². The van der Waals surface area contributed by atoms with E-state index >= 15 is 0 Å².